The quantitative estimate of drug-likeness (QED) is 0.381. The van der Waals surface area contributed by atoms with Gasteiger partial charge in [-0.15, -0.1) is 0 Å². The van der Waals surface area contributed by atoms with Gasteiger partial charge in [0.1, 0.15) is 0 Å². The molecular weight excluding hydrogens is 329 g/mol. The molecule has 2 atom stereocenters. The van der Waals surface area contributed by atoms with Crippen LogP contribution < -0.4 is 0 Å². The molecule has 0 aromatic rings. The van der Waals surface area contributed by atoms with E-state index in [2.05, 4.69) is 41.5 Å². The minimum Gasteiger partial charge on any atom is -0.273 e. The van der Waals surface area contributed by atoms with Crippen molar-refractivity contribution in [3.63, 3.8) is 0 Å². The fraction of sp³-hybridized carbons (Fsp3) is 0.846. The maximum atomic E-state index is 12.2. The van der Waals surface area contributed by atoms with Crippen molar-refractivity contribution in [1.82, 2.24) is 3.11 Å². The number of halogens is 1. The molecule has 0 aromatic carbocycles. The van der Waals surface area contributed by atoms with Crippen LogP contribution in [0.5, 0.6) is 0 Å². The lowest BCUT2D eigenvalue weighted by molar-refractivity contribution is -0.152. The Balaban J connectivity index is 3.08. The van der Waals surface area contributed by atoms with Crippen LogP contribution in [-0.2, 0) is 9.59 Å². The molecule has 1 rings (SSSR count). The largest absolute Gasteiger partial charge is 0.273 e. The Labute approximate surface area is 118 Å². The van der Waals surface area contributed by atoms with Crippen LogP contribution in [0.2, 0.25) is 0 Å². The molecule has 0 saturated carbocycles. The van der Waals surface area contributed by atoms with Crippen molar-refractivity contribution >= 4 is 34.7 Å². The van der Waals surface area contributed by atoms with Gasteiger partial charge in [0.15, 0.2) is 0 Å². The van der Waals surface area contributed by atoms with Crippen LogP contribution in [0.25, 0.3) is 0 Å². The van der Waals surface area contributed by atoms with Crippen molar-refractivity contribution in [3.8, 4) is 0 Å². The molecule has 17 heavy (non-hydrogen) atoms. The van der Waals surface area contributed by atoms with E-state index in [1.165, 1.54) is 3.11 Å². The van der Waals surface area contributed by atoms with Gasteiger partial charge in [0, 0.05) is 11.8 Å². The van der Waals surface area contributed by atoms with Crippen molar-refractivity contribution in [2.45, 2.75) is 48.0 Å². The Morgan fingerprint density at radius 1 is 0.941 bits per heavy atom. The van der Waals surface area contributed by atoms with E-state index in [-0.39, 0.29) is 34.5 Å². The third-order valence-corrected chi connectivity index (χ3v) is 4.50. The normalized spacial score (nSPS) is 27.6. The fourth-order valence-corrected chi connectivity index (χ4v) is 2.94. The van der Waals surface area contributed by atoms with E-state index in [0.717, 1.165) is 0 Å². The summed E-state index contributed by atoms with van der Waals surface area (Å²) in [6.45, 7) is 12.4. The monoisotopic (exact) mass is 351 g/mol. The van der Waals surface area contributed by atoms with E-state index in [1.807, 2.05) is 22.9 Å². The van der Waals surface area contributed by atoms with Gasteiger partial charge in [-0.05, 0) is 17.3 Å². The summed E-state index contributed by atoms with van der Waals surface area (Å²) in [7, 11) is 0. The van der Waals surface area contributed by atoms with Crippen molar-refractivity contribution < 1.29 is 9.59 Å². The molecule has 1 fully saturated rings. The lowest BCUT2D eigenvalue weighted by Gasteiger charge is -2.42. The lowest BCUT2D eigenvalue weighted by Crippen LogP contribution is -2.51. The van der Waals surface area contributed by atoms with Crippen molar-refractivity contribution in [1.29, 1.82) is 0 Å². The minimum absolute atomic E-state index is 0.0383. The van der Waals surface area contributed by atoms with Crippen LogP contribution in [0.3, 0.4) is 0 Å². The standard InChI is InChI=1S/C13H22INO2/c1-12(2,3)8-7-9(13(4,5)6)11(17)15(14)10(8)16/h8-9H,7H2,1-6H3. The van der Waals surface area contributed by atoms with E-state index in [0.29, 0.717) is 6.42 Å². The van der Waals surface area contributed by atoms with E-state index in [4.69, 9.17) is 0 Å². The summed E-state index contributed by atoms with van der Waals surface area (Å²) in [5.41, 5.74) is -0.185. The Morgan fingerprint density at radius 2 is 1.24 bits per heavy atom. The summed E-state index contributed by atoms with van der Waals surface area (Å²) in [6, 6.07) is 0. The van der Waals surface area contributed by atoms with Crippen LogP contribution in [0, 0.1) is 22.7 Å². The van der Waals surface area contributed by atoms with Crippen LogP contribution in [0.4, 0.5) is 0 Å². The van der Waals surface area contributed by atoms with Crippen LogP contribution in [0.15, 0.2) is 0 Å². The molecule has 98 valence electrons. The molecule has 4 heteroatoms. The smallest absolute Gasteiger partial charge is 0.241 e. The number of carbonyl (C=O) groups is 2. The van der Waals surface area contributed by atoms with Gasteiger partial charge in [0.05, 0.1) is 22.9 Å². The summed E-state index contributed by atoms with van der Waals surface area (Å²) in [6.07, 6.45) is 0.671. The molecule has 1 aliphatic heterocycles. The van der Waals surface area contributed by atoms with Crippen LogP contribution in [-0.4, -0.2) is 14.9 Å². The second-order valence-corrected chi connectivity index (χ2v) is 8.00. The Kier molecular flexibility index (Phi) is 3.97. The van der Waals surface area contributed by atoms with E-state index >= 15 is 0 Å². The first kappa shape index (κ1) is 14.9. The van der Waals surface area contributed by atoms with E-state index in [9.17, 15) is 9.59 Å². The number of nitrogens with zero attached hydrogens (tertiary/aromatic N) is 1. The highest BCUT2D eigenvalue weighted by Gasteiger charge is 2.48. The van der Waals surface area contributed by atoms with Gasteiger partial charge in [-0.1, -0.05) is 41.5 Å². The molecule has 0 N–H and O–H groups in total. The second-order valence-electron chi connectivity index (χ2n) is 7.03. The molecule has 1 heterocycles. The first-order chi connectivity index (χ1) is 7.46. The number of carbonyl (C=O) groups excluding carboxylic acids is 2. The summed E-state index contributed by atoms with van der Waals surface area (Å²) >= 11 is 1.85. The zero-order valence-electron chi connectivity index (χ0n) is 11.5. The van der Waals surface area contributed by atoms with Crippen molar-refractivity contribution in [3.05, 3.63) is 0 Å². The molecule has 1 saturated heterocycles. The van der Waals surface area contributed by atoms with Gasteiger partial charge >= 0.3 is 0 Å². The first-order valence-electron chi connectivity index (χ1n) is 6.00. The molecule has 1 aliphatic rings. The summed E-state index contributed by atoms with van der Waals surface area (Å²) < 4.78 is 1.30. The molecule has 2 unspecified atom stereocenters. The molecule has 3 nitrogen and oxygen atoms in total. The number of imide groups is 1. The highest BCUT2D eigenvalue weighted by Crippen LogP contribution is 2.43. The number of rotatable bonds is 0. The second kappa shape index (κ2) is 4.52. The summed E-state index contributed by atoms with van der Waals surface area (Å²) in [5, 5.41) is 0. The highest BCUT2D eigenvalue weighted by atomic mass is 127. The van der Waals surface area contributed by atoms with Crippen LogP contribution >= 0.6 is 22.9 Å². The molecule has 0 bridgehead atoms. The minimum atomic E-state index is -0.0926. The van der Waals surface area contributed by atoms with E-state index < -0.39 is 0 Å². The molecular formula is C13H22INO2. The Hall–Kier alpha value is -0.130. The van der Waals surface area contributed by atoms with Gasteiger partial charge in [0.25, 0.3) is 0 Å². The van der Waals surface area contributed by atoms with Gasteiger partial charge in [-0.25, -0.2) is 3.11 Å². The highest BCUT2D eigenvalue weighted by molar-refractivity contribution is 14.1. The zero-order valence-corrected chi connectivity index (χ0v) is 13.7. The number of hydrogen-bond acceptors (Lipinski definition) is 2. The number of hydrogen-bond donors (Lipinski definition) is 0. The Morgan fingerprint density at radius 3 is 1.47 bits per heavy atom. The molecule has 0 aromatic heterocycles. The van der Waals surface area contributed by atoms with Crippen molar-refractivity contribution in [2.24, 2.45) is 22.7 Å². The SMILES string of the molecule is CC(C)(C)C1CC(C(C)(C)C)C(=O)N(I)C1=O. The Bertz CT molecular complexity index is 306. The molecule has 2 amide bonds. The maximum absolute atomic E-state index is 12.2. The lowest BCUT2D eigenvalue weighted by atomic mass is 9.67. The van der Waals surface area contributed by atoms with Gasteiger partial charge < -0.3 is 0 Å². The van der Waals surface area contributed by atoms with Crippen molar-refractivity contribution in [2.75, 3.05) is 0 Å². The molecule has 0 aliphatic carbocycles. The van der Waals surface area contributed by atoms with Crippen LogP contribution in [0.1, 0.15) is 48.0 Å². The molecule has 0 spiro atoms. The average molecular weight is 351 g/mol. The third kappa shape index (κ3) is 3.01. The predicted molar refractivity (Wildman–Crippen MR) is 76.4 cm³/mol. The number of amides is 2. The third-order valence-electron chi connectivity index (χ3n) is 3.55. The summed E-state index contributed by atoms with van der Waals surface area (Å²) in [5.74, 6) is -0.213. The van der Waals surface area contributed by atoms with Gasteiger partial charge in [-0.3, -0.25) is 9.59 Å². The topological polar surface area (TPSA) is 37.4 Å². The van der Waals surface area contributed by atoms with E-state index in [1.54, 1.807) is 0 Å². The fourth-order valence-electron chi connectivity index (χ4n) is 2.27. The van der Waals surface area contributed by atoms with Gasteiger partial charge in [-0.2, -0.15) is 0 Å². The maximum Gasteiger partial charge on any atom is 0.241 e. The van der Waals surface area contributed by atoms with Gasteiger partial charge in [0.2, 0.25) is 11.8 Å². The zero-order chi connectivity index (χ0) is 13.6. The average Bonchev–Trinajstić information content (AvgIpc) is 2.10. The summed E-state index contributed by atoms with van der Waals surface area (Å²) in [4.78, 5) is 24.3. The first-order valence-corrected chi connectivity index (χ1v) is 6.96. The molecule has 0 radical (unpaired) electrons. The number of piperidine rings is 1. The predicted octanol–water partition coefficient (Wildman–Crippen LogP) is 3.42.